The van der Waals surface area contributed by atoms with E-state index in [1.165, 1.54) is 6.26 Å². The zero-order valence-corrected chi connectivity index (χ0v) is 8.09. The van der Waals surface area contributed by atoms with Gasteiger partial charge < -0.3 is 4.42 Å². The highest BCUT2D eigenvalue weighted by Crippen LogP contribution is 2.04. The lowest BCUT2D eigenvalue weighted by molar-refractivity contribution is 0.509. The standard InChI is InChI=1S/C13H10O2/c14-13-12(7-4-10-15-13)9-8-11-5-2-1-3-6-11/h1-10H/b9-8+. The highest BCUT2D eigenvalue weighted by molar-refractivity contribution is 5.68. The molecule has 0 saturated heterocycles. The molecule has 0 aliphatic heterocycles. The van der Waals surface area contributed by atoms with Crippen LogP contribution in [0.5, 0.6) is 0 Å². The van der Waals surface area contributed by atoms with Crippen LogP contribution >= 0.6 is 0 Å². The third kappa shape index (κ3) is 2.44. The van der Waals surface area contributed by atoms with Crippen molar-refractivity contribution in [2.24, 2.45) is 0 Å². The van der Waals surface area contributed by atoms with Gasteiger partial charge in [0.2, 0.25) is 0 Å². The number of benzene rings is 1. The van der Waals surface area contributed by atoms with E-state index in [9.17, 15) is 4.79 Å². The summed E-state index contributed by atoms with van der Waals surface area (Å²) in [5, 5.41) is 0. The number of hydrogen-bond donors (Lipinski definition) is 0. The minimum atomic E-state index is -0.315. The first kappa shape index (κ1) is 9.46. The van der Waals surface area contributed by atoms with E-state index in [-0.39, 0.29) is 5.63 Å². The molecular formula is C13H10O2. The maximum absolute atomic E-state index is 11.2. The Bertz CT molecular complexity index is 509. The zero-order chi connectivity index (χ0) is 10.5. The van der Waals surface area contributed by atoms with E-state index in [1.807, 2.05) is 36.4 Å². The lowest BCUT2D eigenvalue weighted by Crippen LogP contribution is -2.00. The van der Waals surface area contributed by atoms with Crippen molar-refractivity contribution in [3.63, 3.8) is 0 Å². The smallest absolute Gasteiger partial charge is 0.342 e. The van der Waals surface area contributed by atoms with Crippen LogP contribution in [0.3, 0.4) is 0 Å². The van der Waals surface area contributed by atoms with Crippen LogP contribution in [0.4, 0.5) is 0 Å². The summed E-state index contributed by atoms with van der Waals surface area (Å²) in [5.41, 5.74) is 1.30. The molecule has 1 heterocycles. The van der Waals surface area contributed by atoms with Gasteiger partial charge in [-0.25, -0.2) is 4.79 Å². The van der Waals surface area contributed by atoms with Gasteiger partial charge in [0.15, 0.2) is 0 Å². The molecule has 0 spiro atoms. The van der Waals surface area contributed by atoms with E-state index in [4.69, 9.17) is 4.42 Å². The minimum absolute atomic E-state index is 0.315. The van der Waals surface area contributed by atoms with Crippen LogP contribution in [0.25, 0.3) is 12.2 Å². The van der Waals surface area contributed by atoms with E-state index in [0.29, 0.717) is 5.56 Å². The Labute approximate surface area is 87.5 Å². The van der Waals surface area contributed by atoms with Gasteiger partial charge in [-0.05, 0) is 23.8 Å². The summed E-state index contributed by atoms with van der Waals surface area (Å²) in [6.45, 7) is 0. The van der Waals surface area contributed by atoms with E-state index < -0.39 is 0 Å². The molecule has 0 aliphatic rings. The van der Waals surface area contributed by atoms with E-state index in [0.717, 1.165) is 5.56 Å². The predicted molar refractivity (Wildman–Crippen MR) is 60.3 cm³/mol. The Kier molecular flexibility index (Phi) is 2.79. The monoisotopic (exact) mass is 198 g/mol. The predicted octanol–water partition coefficient (Wildman–Crippen LogP) is 2.81. The zero-order valence-electron chi connectivity index (χ0n) is 8.09. The summed E-state index contributed by atoms with van der Waals surface area (Å²) in [7, 11) is 0. The normalized spacial score (nSPS) is 10.7. The quantitative estimate of drug-likeness (QED) is 0.742. The molecule has 1 aromatic heterocycles. The first-order chi connectivity index (χ1) is 7.36. The lowest BCUT2D eigenvalue weighted by atomic mass is 10.2. The van der Waals surface area contributed by atoms with Crippen LogP contribution in [0, 0.1) is 0 Å². The van der Waals surface area contributed by atoms with Crippen molar-refractivity contribution >= 4 is 12.2 Å². The summed E-state index contributed by atoms with van der Waals surface area (Å²) in [5.74, 6) is 0. The second kappa shape index (κ2) is 4.42. The first-order valence-corrected chi connectivity index (χ1v) is 4.67. The van der Waals surface area contributed by atoms with Gasteiger partial charge in [-0.3, -0.25) is 0 Å². The van der Waals surface area contributed by atoms with E-state index in [1.54, 1.807) is 18.2 Å². The minimum Gasteiger partial charge on any atom is -0.431 e. The molecule has 0 atom stereocenters. The van der Waals surface area contributed by atoms with Crippen LogP contribution in [0.15, 0.2) is 57.9 Å². The maximum Gasteiger partial charge on any atom is 0.342 e. The molecule has 0 fully saturated rings. The van der Waals surface area contributed by atoms with Gasteiger partial charge in [-0.15, -0.1) is 0 Å². The lowest BCUT2D eigenvalue weighted by Gasteiger charge is -1.91. The SMILES string of the molecule is O=c1occcc1/C=C/c1ccccc1. The largest absolute Gasteiger partial charge is 0.431 e. The maximum atomic E-state index is 11.2. The van der Waals surface area contributed by atoms with Crippen molar-refractivity contribution < 1.29 is 4.42 Å². The van der Waals surface area contributed by atoms with Crippen LogP contribution in [-0.2, 0) is 0 Å². The highest BCUT2D eigenvalue weighted by atomic mass is 16.4. The summed E-state index contributed by atoms with van der Waals surface area (Å²) >= 11 is 0. The number of rotatable bonds is 2. The Morgan fingerprint density at radius 2 is 1.73 bits per heavy atom. The molecule has 0 unspecified atom stereocenters. The summed E-state index contributed by atoms with van der Waals surface area (Å²) < 4.78 is 4.74. The van der Waals surface area contributed by atoms with Gasteiger partial charge in [0, 0.05) is 0 Å². The Morgan fingerprint density at radius 3 is 2.47 bits per heavy atom. The third-order valence-electron chi connectivity index (χ3n) is 2.02. The summed E-state index contributed by atoms with van der Waals surface area (Å²) in [6.07, 6.45) is 5.01. The Hall–Kier alpha value is -2.09. The van der Waals surface area contributed by atoms with Crippen molar-refractivity contribution in [1.82, 2.24) is 0 Å². The molecule has 0 amide bonds. The molecule has 2 nitrogen and oxygen atoms in total. The Morgan fingerprint density at radius 1 is 0.933 bits per heavy atom. The third-order valence-corrected chi connectivity index (χ3v) is 2.02. The first-order valence-electron chi connectivity index (χ1n) is 4.67. The van der Waals surface area contributed by atoms with Crippen molar-refractivity contribution in [3.05, 3.63) is 70.3 Å². The molecule has 0 saturated carbocycles. The van der Waals surface area contributed by atoms with Gasteiger partial charge in [-0.2, -0.15) is 0 Å². The molecule has 2 heteroatoms. The van der Waals surface area contributed by atoms with Gasteiger partial charge in [0.25, 0.3) is 0 Å². The average molecular weight is 198 g/mol. The topological polar surface area (TPSA) is 30.2 Å². The molecule has 2 rings (SSSR count). The second-order valence-electron chi connectivity index (χ2n) is 3.10. The number of hydrogen-bond acceptors (Lipinski definition) is 2. The molecule has 0 aliphatic carbocycles. The average Bonchev–Trinajstić information content (AvgIpc) is 2.29. The van der Waals surface area contributed by atoms with Crippen LogP contribution in [-0.4, -0.2) is 0 Å². The van der Waals surface area contributed by atoms with Crippen LogP contribution in [0.2, 0.25) is 0 Å². The molecule has 2 aromatic rings. The fraction of sp³-hybridized carbons (Fsp3) is 0. The molecule has 1 aromatic carbocycles. The summed E-state index contributed by atoms with van der Waals surface area (Å²) in [4.78, 5) is 11.2. The van der Waals surface area contributed by atoms with Crippen molar-refractivity contribution in [1.29, 1.82) is 0 Å². The molecule has 15 heavy (non-hydrogen) atoms. The van der Waals surface area contributed by atoms with Crippen molar-refractivity contribution in [2.45, 2.75) is 0 Å². The van der Waals surface area contributed by atoms with Crippen molar-refractivity contribution in [2.75, 3.05) is 0 Å². The highest BCUT2D eigenvalue weighted by Gasteiger charge is 1.93. The van der Waals surface area contributed by atoms with Crippen LogP contribution in [0.1, 0.15) is 11.1 Å². The molecular weight excluding hydrogens is 188 g/mol. The van der Waals surface area contributed by atoms with Gasteiger partial charge in [0.1, 0.15) is 0 Å². The van der Waals surface area contributed by atoms with Gasteiger partial charge >= 0.3 is 5.63 Å². The molecule has 74 valence electrons. The molecule has 0 bridgehead atoms. The van der Waals surface area contributed by atoms with Crippen LogP contribution < -0.4 is 5.63 Å². The fourth-order valence-corrected chi connectivity index (χ4v) is 1.25. The molecule has 0 N–H and O–H groups in total. The second-order valence-corrected chi connectivity index (χ2v) is 3.10. The van der Waals surface area contributed by atoms with E-state index >= 15 is 0 Å². The van der Waals surface area contributed by atoms with Gasteiger partial charge in [-0.1, -0.05) is 36.4 Å². The molecule has 0 radical (unpaired) electrons. The van der Waals surface area contributed by atoms with E-state index in [2.05, 4.69) is 0 Å². The van der Waals surface area contributed by atoms with Crippen molar-refractivity contribution in [3.8, 4) is 0 Å². The fourth-order valence-electron chi connectivity index (χ4n) is 1.25. The Balaban J connectivity index is 2.27. The summed E-state index contributed by atoms with van der Waals surface area (Å²) in [6, 6.07) is 13.2. The van der Waals surface area contributed by atoms with Gasteiger partial charge in [0.05, 0.1) is 11.8 Å².